The van der Waals surface area contributed by atoms with Crippen molar-refractivity contribution >= 4 is 32.4 Å². The Balaban J connectivity index is 0.00000116. The Labute approximate surface area is 377 Å². The van der Waals surface area contributed by atoms with Crippen molar-refractivity contribution in [2.45, 2.75) is 109 Å². The summed E-state index contributed by atoms with van der Waals surface area (Å²) >= 11 is 0. The van der Waals surface area contributed by atoms with E-state index in [9.17, 15) is 9.59 Å². The molecule has 0 amide bonds. The van der Waals surface area contributed by atoms with E-state index in [2.05, 4.69) is 16.2 Å². The van der Waals surface area contributed by atoms with Gasteiger partial charge in [-0.1, -0.05) is 115 Å². The second kappa shape index (κ2) is 20.6. The van der Waals surface area contributed by atoms with Gasteiger partial charge in [0.25, 0.3) is 0 Å². The first-order valence-corrected chi connectivity index (χ1v) is 22.8. The minimum absolute atomic E-state index is 0.0833. The number of rotatable bonds is 13. The van der Waals surface area contributed by atoms with E-state index in [1.165, 1.54) is 25.4 Å². The van der Waals surface area contributed by atoms with Gasteiger partial charge in [0, 0.05) is 33.4 Å². The summed E-state index contributed by atoms with van der Waals surface area (Å²) in [4.78, 5) is 59.6. The lowest BCUT2D eigenvalue weighted by atomic mass is 9.86. The molecule has 6 heteroatoms. The highest BCUT2D eigenvalue weighted by molar-refractivity contribution is 7.16. The topological polar surface area (TPSA) is 77.5 Å². The Kier molecular flexibility index (Phi) is 15.8. The van der Waals surface area contributed by atoms with Crippen LogP contribution in [-0.4, -0.2) is 29.3 Å². The first-order chi connectivity index (χ1) is 29.8. The Bertz CT molecular complexity index is 2490. The first-order valence-electron chi connectivity index (χ1n) is 21.9. The molecule has 1 unspecified atom stereocenters. The standard InChI is InChI=1S/C52H50O5.C5H13P/c1-27-19-31(5)43(32(6)20-27)49(53)39-15-13-17-41(47(39)51(55)45-35(9)23-29(3)24-36(45)10)57-42-18-14-16-40(50(54)44-33(7)21-28(2)22-34(44)8)48(42)52(56)46-37(11)25-30(4)26-38(46)12;1-2-3-4-5-6/h13-26H,1-12H3;2-6H2,1H3. The number of ether oxygens (including phenoxy) is 1. The van der Waals surface area contributed by atoms with Gasteiger partial charge in [-0.25, -0.2) is 0 Å². The van der Waals surface area contributed by atoms with E-state index >= 15 is 9.59 Å². The second-order valence-corrected chi connectivity index (χ2v) is 17.9. The maximum atomic E-state index is 15.1. The van der Waals surface area contributed by atoms with Gasteiger partial charge in [0.1, 0.15) is 11.5 Å². The van der Waals surface area contributed by atoms with Crippen molar-refractivity contribution in [2.24, 2.45) is 0 Å². The third-order valence-corrected chi connectivity index (χ3v) is 12.0. The van der Waals surface area contributed by atoms with E-state index in [1.807, 2.05) is 132 Å². The van der Waals surface area contributed by atoms with Crippen LogP contribution in [0.15, 0.2) is 84.9 Å². The van der Waals surface area contributed by atoms with Crippen LogP contribution < -0.4 is 4.74 Å². The molecule has 0 N–H and O–H groups in total. The van der Waals surface area contributed by atoms with Crippen LogP contribution in [-0.2, 0) is 0 Å². The molecule has 0 fully saturated rings. The van der Waals surface area contributed by atoms with Crippen molar-refractivity contribution in [3.05, 3.63) is 196 Å². The quantitative estimate of drug-likeness (QED) is 0.0657. The number of aryl methyl sites for hydroxylation is 12. The number of unbranched alkanes of at least 4 members (excludes halogenated alkanes) is 2. The molecule has 1 atom stereocenters. The monoisotopic (exact) mass is 858 g/mol. The summed E-state index contributed by atoms with van der Waals surface area (Å²) in [5.41, 5.74) is 12.9. The molecule has 0 saturated carbocycles. The molecule has 0 heterocycles. The fraction of sp³-hybridized carbons (Fsp3) is 0.298. The number of hydrogen-bond acceptors (Lipinski definition) is 5. The molecule has 5 nitrogen and oxygen atoms in total. The molecule has 0 saturated heterocycles. The fourth-order valence-corrected chi connectivity index (χ4v) is 9.55. The lowest BCUT2D eigenvalue weighted by Gasteiger charge is -2.21. The zero-order chi connectivity index (χ0) is 46.4. The smallest absolute Gasteiger partial charge is 0.198 e. The van der Waals surface area contributed by atoms with Gasteiger partial charge in [-0.15, -0.1) is 9.24 Å². The highest BCUT2D eigenvalue weighted by atomic mass is 31.0. The molecule has 0 radical (unpaired) electrons. The third-order valence-electron chi connectivity index (χ3n) is 11.6. The predicted octanol–water partition coefficient (Wildman–Crippen LogP) is 14.2. The summed E-state index contributed by atoms with van der Waals surface area (Å²) in [5.74, 6) is -1.15. The molecular formula is C57H63O5P. The van der Waals surface area contributed by atoms with Gasteiger partial charge in [-0.2, -0.15) is 0 Å². The van der Waals surface area contributed by atoms with Crippen molar-refractivity contribution in [2.75, 3.05) is 6.16 Å². The van der Waals surface area contributed by atoms with Crippen molar-refractivity contribution < 1.29 is 23.9 Å². The number of carbonyl (C=O) groups excluding carboxylic acids is 4. The Morgan fingerprint density at radius 3 is 0.905 bits per heavy atom. The van der Waals surface area contributed by atoms with Crippen molar-refractivity contribution in [1.29, 1.82) is 0 Å². The molecule has 0 bridgehead atoms. The number of ketones is 4. The lowest BCUT2D eigenvalue weighted by molar-refractivity contribution is 0.0997. The van der Waals surface area contributed by atoms with Gasteiger partial charge in [-0.05, 0) is 152 Å². The molecular weight excluding hydrogens is 796 g/mol. The minimum atomic E-state index is -0.373. The summed E-state index contributed by atoms with van der Waals surface area (Å²) in [7, 11) is 2.73. The molecule has 6 aromatic rings. The van der Waals surface area contributed by atoms with Crippen molar-refractivity contribution in [3.8, 4) is 11.5 Å². The van der Waals surface area contributed by atoms with Crippen molar-refractivity contribution in [3.63, 3.8) is 0 Å². The van der Waals surface area contributed by atoms with Crippen LogP contribution in [0.4, 0.5) is 0 Å². The highest BCUT2D eigenvalue weighted by Crippen LogP contribution is 2.38. The van der Waals surface area contributed by atoms with E-state index in [-0.39, 0.29) is 56.9 Å². The van der Waals surface area contributed by atoms with Crippen LogP contribution in [0.25, 0.3) is 0 Å². The van der Waals surface area contributed by atoms with Crippen molar-refractivity contribution in [1.82, 2.24) is 0 Å². The Hall–Kier alpha value is -5.77. The lowest BCUT2D eigenvalue weighted by Crippen LogP contribution is -2.18. The molecule has 0 aliphatic heterocycles. The van der Waals surface area contributed by atoms with Gasteiger partial charge in [0.2, 0.25) is 0 Å². The highest BCUT2D eigenvalue weighted by Gasteiger charge is 2.31. The average Bonchev–Trinajstić information content (AvgIpc) is 3.18. The summed E-state index contributed by atoms with van der Waals surface area (Å²) < 4.78 is 6.80. The maximum Gasteiger partial charge on any atom is 0.198 e. The van der Waals surface area contributed by atoms with Gasteiger partial charge in [-0.3, -0.25) is 19.2 Å². The summed E-state index contributed by atoms with van der Waals surface area (Å²) in [6, 6.07) is 25.7. The van der Waals surface area contributed by atoms with E-state index < -0.39 is 0 Å². The zero-order valence-electron chi connectivity index (χ0n) is 39.5. The van der Waals surface area contributed by atoms with Gasteiger partial charge in [0.05, 0.1) is 11.1 Å². The molecule has 326 valence electrons. The number of benzene rings is 6. The number of hydrogen-bond donors (Lipinski definition) is 0. The average molecular weight is 859 g/mol. The minimum Gasteiger partial charge on any atom is -0.456 e. The molecule has 0 spiro atoms. The molecule has 0 aliphatic carbocycles. The fourth-order valence-electron chi connectivity index (χ4n) is 9.26. The molecule has 6 aromatic carbocycles. The SMILES string of the molecule is CCCCCP.Cc1cc(C)c(C(=O)c2cccc(Oc3cccc(C(=O)c4c(C)cc(C)cc4C)c3C(=O)c3c(C)cc(C)cc3C)c2C(=O)c2c(C)cc(C)cc2C)c(C)c1. The van der Waals surface area contributed by atoms with Crippen LogP contribution >= 0.6 is 9.24 Å². The third kappa shape index (κ3) is 10.5. The van der Waals surface area contributed by atoms with Crippen LogP contribution in [0.5, 0.6) is 11.5 Å². The van der Waals surface area contributed by atoms with E-state index in [0.29, 0.717) is 22.3 Å². The number of carbonyl (C=O) groups is 4. The van der Waals surface area contributed by atoms with Crippen LogP contribution in [0.1, 0.15) is 157 Å². The van der Waals surface area contributed by atoms with E-state index in [4.69, 9.17) is 4.74 Å². The summed E-state index contributed by atoms with van der Waals surface area (Å²) in [6.07, 6.45) is 5.38. The molecule has 63 heavy (non-hydrogen) atoms. The van der Waals surface area contributed by atoms with Crippen LogP contribution in [0.3, 0.4) is 0 Å². The predicted molar refractivity (Wildman–Crippen MR) is 263 cm³/mol. The molecule has 0 aliphatic rings. The summed E-state index contributed by atoms with van der Waals surface area (Å²) in [5, 5.41) is 0. The normalized spacial score (nSPS) is 10.9. The maximum absolute atomic E-state index is 15.1. The zero-order valence-corrected chi connectivity index (χ0v) is 40.7. The van der Waals surface area contributed by atoms with E-state index in [0.717, 1.165) is 66.8 Å². The summed E-state index contributed by atoms with van der Waals surface area (Å²) in [6.45, 7) is 25.3. The van der Waals surface area contributed by atoms with Gasteiger partial charge < -0.3 is 4.74 Å². The molecule has 6 rings (SSSR count). The molecule has 0 aromatic heterocycles. The van der Waals surface area contributed by atoms with Gasteiger partial charge in [0.15, 0.2) is 23.1 Å². The first kappa shape index (κ1) is 48.3. The Morgan fingerprint density at radius 1 is 0.397 bits per heavy atom. The second-order valence-electron chi connectivity index (χ2n) is 17.4. The van der Waals surface area contributed by atoms with Crippen LogP contribution in [0.2, 0.25) is 0 Å². The van der Waals surface area contributed by atoms with Gasteiger partial charge >= 0.3 is 0 Å². The van der Waals surface area contributed by atoms with Crippen LogP contribution in [0, 0.1) is 83.1 Å². The van der Waals surface area contributed by atoms with E-state index in [1.54, 1.807) is 36.4 Å². The largest absolute Gasteiger partial charge is 0.456 e. The Morgan fingerprint density at radius 2 is 0.667 bits per heavy atom.